The average Bonchev–Trinajstić information content (AvgIpc) is 3.07. The predicted molar refractivity (Wildman–Crippen MR) is 105 cm³/mol. The van der Waals surface area contributed by atoms with Crippen molar-refractivity contribution in [3.05, 3.63) is 87.9 Å². The van der Waals surface area contributed by atoms with Gasteiger partial charge in [-0.15, -0.1) is 0 Å². The number of nitrogens with two attached hydrogens (primary N) is 1. The van der Waals surface area contributed by atoms with Gasteiger partial charge in [-0.2, -0.15) is 0 Å². The summed E-state index contributed by atoms with van der Waals surface area (Å²) in [5.41, 5.74) is 10.8. The highest BCUT2D eigenvalue weighted by atomic mass is 16.3. The van der Waals surface area contributed by atoms with E-state index in [1.54, 1.807) is 36.4 Å². The van der Waals surface area contributed by atoms with E-state index in [-0.39, 0.29) is 11.3 Å². The van der Waals surface area contributed by atoms with Crippen LogP contribution in [0.25, 0.3) is 0 Å². The van der Waals surface area contributed by atoms with Crippen LogP contribution in [0.4, 0.5) is 5.69 Å². The quantitative estimate of drug-likeness (QED) is 0.715. The molecule has 2 amide bonds. The van der Waals surface area contributed by atoms with Crippen LogP contribution in [-0.2, 0) is 6.42 Å². The number of rotatable bonds is 5. The number of carbonyl (C=O) groups excluding carboxylic acids is 2. The summed E-state index contributed by atoms with van der Waals surface area (Å²) in [5.74, 6) is -0.131. The van der Waals surface area contributed by atoms with Crippen LogP contribution in [0.5, 0.6) is 0 Å². The van der Waals surface area contributed by atoms with E-state index in [1.165, 1.54) is 22.3 Å². The fourth-order valence-electron chi connectivity index (χ4n) is 3.25. The predicted octanol–water partition coefficient (Wildman–Crippen LogP) is 4.15. The number of benzene rings is 2. The van der Waals surface area contributed by atoms with Crippen LogP contribution in [-0.4, -0.2) is 11.8 Å². The van der Waals surface area contributed by atoms with Gasteiger partial charge in [0.25, 0.3) is 11.8 Å². The molecule has 0 bridgehead atoms. The SMILES string of the molecule is Cc1cc(C)c(Cc2ccc(C(=O)Nc3ccccc3C(N)=O)o2)c(C)c1. The maximum atomic E-state index is 12.5. The number of carbonyl (C=O) groups is 2. The Morgan fingerprint density at radius 3 is 2.33 bits per heavy atom. The summed E-state index contributed by atoms with van der Waals surface area (Å²) in [5, 5.41) is 2.68. The Labute approximate surface area is 158 Å². The molecule has 5 heteroatoms. The summed E-state index contributed by atoms with van der Waals surface area (Å²) in [7, 11) is 0. The van der Waals surface area contributed by atoms with Crippen LogP contribution >= 0.6 is 0 Å². The number of amides is 2. The van der Waals surface area contributed by atoms with Crippen molar-refractivity contribution in [1.29, 1.82) is 0 Å². The molecule has 1 heterocycles. The van der Waals surface area contributed by atoms with Gasteiger partial charge in [0.05, 0.1) is 11.3 Å². The molecule has 3 rings (SSSR count). The number of hydrogen-bond donors (Lipinski definition) is 2. The van der Waals surface area contributed by atoms with E-state index >= 15 is 0 Å². The van der Waals surface area contributed by atoms with Gasteiger partial charge in [-0.1, -0.05) is 29.8 Å². The molecule has 0 radical (unpaired) electrons. The van der Waals surface area contributed by atoms with E-state index in [1.807, 2.05) is 0 Å². The maximum Gasteiger partial charge on any atom is 0.291 e. The molecular formula is C22H22N2O3. The maximum absolute atomic E-state index is 12.5. The van der Waals surface area contributed by atoms with Crippen LogP contribution in [0.3, 0.4) is 0 Å². The van der Waals surface area contributed by atoms with Crippen LogP contribution < -0.4 is 11.1 Å². The van der Waals surface area contributed by atoms with Gasteiger partial charge >= 0.3 is 0 Å². The Bertz CT molecular complexity index is 995. The summed E-state index contributed by atoms with van der Waals surface area (Å²) in [4.78, 5) is 24.0. The van der Waals surface area contributed by atoms with Gasteiger partial charge < -0.3 is 15.5 Å². The van der Waals surface area contributed by atoms with E-state index in [0.29, 0.717) is 17.9 Å². The molecule has 27 heavy (non-hydrogen) atoms. The Hall–Kier alpha value is -3.34. The van der Waals surface area contributed by atoms with E-state index < -0.39 is 11.8 Å². The number of para-hydroxylation sites is 1. The van der Waals surface area contributed by atoms with E-state index in [2.05, 4.69) is 38.2 Å². The summed E-state index contributed by atoms with van der Waals surface area (Å²) < 4.78 is 5.73. The lowest BCUT2D eigenvalue weighted by atomic mass is 9.97. The van der Waals surface area contributed by atoms with Crippen molar-refractivity contribution in [2.45, 2.75) is 27.2 Å². The van der Waals surface area contributed by atoms with Gasteiger partial charge in [0.1, 0.15) is 5.76 Å². The summed E-state index contributed by atoms with van der Waals surface area (Å²) in [6, 6.07) is 14.3. The third kappa shape index (κ3) is 4.08. The zero-order valence-corrected chi connectivity index (χ0v) is 15.6. The molecule has 2 aromatic carbocycles. The van der Waals surface area contributed by atoms with Crippen molar-refractivity contribution in [2.24, 2.45) is 5.73 Å². The fraction of sp³-hybridized carbons (Fsp3) is 0.182. The molecule has 0 fully saturated rings. The van der Waals surface area contributed by atoms with Crippen molar-refractivity contribution < 1.29 is 14.0 Å². The fourth-order valence-corrected chi connectivity index (χ4v) is 3.25. The molecule has 0 saturated carbocycles. The first-order valence-electron chi connectivity index (χ1n) is 8.71. The summed E-state index contributed by atoms with van der Waals surface area (Å²) >= 11 is 0. The summed E-state index contributed by atoms with van der Waals surface area (Å²) in [6.07, 6.45) is 0.614. The number of anilines is 1. The minimum Gasteiger partial charge on any atom is -0.456 e. The molecule has 138 valence electrons. The topological polar surface area (TPSA) is 85.3 Å². The molecule has 0 saturated heterocycles. The van der Waals surface area contributed by atoms with Crippen molar-refractivity contribution in [1.82, 2.24) is 0 Å². The lowest BCUT2D eigenvalue weighted by molar-refractivity contribution is 0.0995. The zero-order valence-electron chi connectivity index (χ0n) is 15.6. The molecule has 1 aromatic heterocycles. The van der Waals surface area contributed by atoms with E-state index in [9.17, 15) is 9.59 Å². The first-order chi connectivity index (χ1) is 12.8. The number of aryl methyl sites for hydroxylation is 3. The van der Waals surface area contributed by atoms with Crippen LogP contribution in [0.2, 0.25) is 0 Å². The number of furan rings is 1. The van der Waals surface area contributed by atoms with E-state index in [4.69, 9.17) is 10.2 Å². The molecule has 5 nitrogen and oxygen atoms in total. The molecular weight excluding hydrogens is 340 g/mol. The van der Waals surface area contributed by atoms with Crippen molar-refractivity contribution in [3.63, 3.8) is 0 Å². The third-order valence-corrected chi connectivity index (χ3v) is 4.52. The first-order valence-corrected chi connectivity index (χ1v) is 8.71. The Morgan fingerprint density at radius 2 is 1.67 bits per heavy atom. The monoisotopic (exact) mass is 362 g/mol. The molecule has 3 aromatic rings. The molecule has 0 aliphatic heterocycles. The number of hydrogen-bond acceptors (Lipinski definition) is 3. The van der Waals surface area contributed by atoms with Gasteiger partial charge in [-0.25, -0.2) is 0 Å². The van der Waals surface area contributed by atoms with Gasteiger partial charge in [0.15, 0.2) is 5.76 Å². The minimum atomic E-state index is -0.601. The highest BCUT2D eigenvalue weighted by Gasteiger charge is 2.16. The lowest BCUT2D eigenvalue weighted by Crippen LogP contribution is -2.17. The van der Waals surface area contributed by atoms with E-state index in [0.717, 1.165) is 0 Å². The largest absolute Gasteiger partial charge is 0.456 e. The third-order valence-electron chi connectivity index (χ3n) is 4.52. The van der Waals surface area contributed by atoms with Crippen LogP contribution in [0, 0.1) is 20.8 Å². The van der Waals surface area contributed by atoms with Crippen molar-refractivity contribution in [3.8, 4) is 0 Å². The Morgan fingerprint density at radius 1 is 1.00 bits per heavy atom. The van der Waals surface area contributed by atoms with Crippen LogP contribution in [0.15, 0.2) is 52.9 Å². The second kappa shape index (κ2) is 7.50. The molecule has 0 spiro atoms. The van der Waals surface area contributed by atoms with Gasteiger partial charge in [-0.3, -0.25) is 9.59 Å². The normalized spacial score (nSPS) is 10.6. The first kappa shape index (κ1) is 18.5. The Kier molecular flexibility index (Phi) is 5.12. The Balaban J connectivity index is 1.78. The second-order valence-corrected chi connectivity index (χ2v) is 6.68. The highest BCUT2D eigenvalue weighted by Crippen LogP contribution is 2.22. The van der Waals surface area contributed by atoms with Crippen molar-refractivity contribution in [2.75, 3.05) is 5.32 Å². The van der Waals surface area contributed by atoms with Gasteiger partial charge in [0, 0.05) is 6.42 Å². The second-order valence-electron chi connectivity index (χ2n) is 6.68. The van der Waals surface area contributed by atoms with Gasteiger partial charge in [-0.05, 0) is 61.7 Å². The molecule has 3 N–H and O–H groups in total. The van der Waals surface area contributed by atoms with Crippen LogP contribution in [0.1, 0.15) is 48.9 Å². The molecule has 0 aliphatic rings. The van der Waals surface area contributed by atoms with Crippen molar-refractivity contribution >= 4 is 17.5 Å². The number of nitrogens with one attached hydrogen (secondary N) is 1. The molecule has 0 aliphatic carbocycles. The minimum absolute atomic E-state index is 0.187. The van der Waals surface area contributed by atoms with Gasteiger partial charge in [0.2, 0.25) is 0 Å². The standard InChI is InChI=1S/C22H22N2O3/c1-13-10-14(2)18(15(3)11-13)12-16-8-9-20(27-16)22(26)24-19-7-5-4-6-17(19)21(23)25/h4-11H,12H2,1-3H3,(H2,23,25)(H,24,26). The zero-order chi connectivity index (χ0) is 19.6. The smallest absolute Gasteiger partial charge is 0.291 e. The highest BCUT2D eigenvalue weighted by molar-refractivity contribution is 6.07. The summed E-state index contributed by atoms with van der Waals surface area (Å²) in [6.45, 7) is 6.22. The molecule has 0 atom stereocenters. The number of primary amides is 1. The average molecular weight is 362 g/mol. The lowest BCUT2D eigenvalue weighted by Gasteiger charge is -2.10. The molecule has 0 unspecified atom stereocenters.